The van der Waals surface area contributed by atoms with Crippen LogP contribution in [0.2, 0.25) is 0 Å². The van der Waals surface area contributed by atoms with Gasteiger partial charge in [0.25, 0.3) is 0 Å². The third-order valence-electron chi connectivity index (χ3n) is 3.77. The number of thioether (sulfide) groups is 1. The molecule has 1 aromatic heterocycles. The molecule has 0 bridgehead atoms. The number of rotatable bonds is 9. The standard InChI is InChI=1S/C20H20FN3O2S/c1-3-12-24-19(15-4-8-17(25-2)9-5-15)22-23-20(24)27-14-13-26-18-10-6-16(21)7-11-18/h3-11H,1,12-14H2,2H3. The molecular weight excluding hydrogens is 365 g/mol. The Bertz CT molecular complexity index is 879. The summed E-state index contributed by atoms with van der Waals surface area (Å²) in [5, 5.41) is 9.42. The van der Waals surface area contributed by atoms with Crippen LogP contribution >= 0.6 is 11.8 Å². The van der Waals surface area contributed by atoms with E-state index < -0.39 is 0 Å². The molecule has 0 atom stereocenters. The van der Waals surface area contributed by atoms with Crippen LogP contribution in [-0.4, -0.2) is 34.2 Å². The van der Waals surface area contributed by atoms with Crippen molar-refractivity contribution >= 4 is 11.8 Å². The van der Waals surface area contributed by atoms with Crippen molar-refractivity contribution in [1.82, 2.24) is 14.8 Å². The first kappa shape index (κ1) is 19.0. The second-order valence-corrected chi connectivity index (χ2v) is 6.65. The van der Waals surface area contributed by atoms with Crippen molar-refractivity contribution in [2.24, 2.45) is 0 Å². The van der Waals surface area contributed by atoms with Crippen LogP contribution in [0.25, 0.3) is 11.4 Å². The molecule has 3 rings (SSSR count). The number of methoxy groups -OCH3 is 1. The molecule has 0 saturated heterocycles. The van der Waals surface area contributed by atoms with Gasteiger partial charge in [0.05, 0.1) is 13.7 Å². The van der Waals surface area contributed by atoms with Gasteiger partial charge in [-0.05, 0) is 48.5 Å². The van der Waals surface area contributed by atoms with Crippen molar-refractivity contribution < 1.29 is 13.9 Å². The first-order valence-electron chi connectivity index (χ1n) is 8.41. The van der Waals surface area contributed by atoms with Crippen molar-refractivity contribution in [3.05, 3.63) is 67.0 Å². The molecule has 0 radical (unpaired) electrons. The van der Waals surface area contributed by atoms with Crippen LogP contribution in [0.15, 0.2) is 66.3 Å². The molecule has 0 fully saturated rings. The van der Waals surface area contributed by atoms with Gasteiger partial charge in [-0.25, -0.2) is 4.39 Å². The minimum Gasteiger partial charge on any atom is -0.497 e. The SMILES string of the molecule is C=CCn1c(SCCOc2ccc(F)cc2)nnc1-c1ccc(OC)cc1. The molecule has 0 saturated carbocycles. The van der Waals surface area contributed by atoms with E-state index in [-0.39, 0.29) is 5.82 Å². The van der Waals surface area contributed by atoms with Crippen LogP contribution < -0.4 is 9.47 Å². The highest BCUT2D eigenvalue weighted by molar-refractivity contribution is 7.99. The van der Waals surface area contributed by atoms with E-state index in [1.54, 1.807) is 31.0 Å². The van der Waals surface area contributed by atoms with Crippen molar-refractivity contribution in [2.75, 3.05) is 19.5 Å². The summed E-state index contributed by atoms with van der Waals surface area (Å²) in [5.74, 6) is 2.62. The van der Waals surface area contributed by atoms with E-state index in [2.05, 4.69) is 16.8 Å². The van der Waals surface area contributed by atoms with E-state index in [4.69, 9.17) is 9.47 Å². The Morgan fingerprint density at radius 3 is 2.44 bits per heavy atom. The van der Waals surface area contributed by atoms with Gasteiger partial charge in [-0.15, -0.1) is 16.8 Å². The number of hydrogen-bond acceptors (Lipinski definition) is 5. The highest BCUT2D eigenvalue weighted by Gasteiger charge is 2.13. The van der Waals surface area contributed by atoms with Gasteiger partial charge < -0.3 is 9.47 Å². The molecule has 1 heterocycles. The summed E-state index contributed by atoms with van der Waals surface area (Å²) in [6, 6.07) is 13.7. The van der Waals surface area contributed by atoms with Crippen molar-refractivity contribution in [1.29, 1.82) is 0 Å². The molecule has 0 unspecified atom stereocenters. The zero-order chi connectivity index (χ0) is 19.1. The Balaban J connectivity index is 1.65. The van der Waals surface area contributed by atoms with Crippen molar-refractivity contribution in [2.45, 2.75) is 11.7 Å². The van der Waals surface area contributed by atoms with Gasteiger partial charge in [-0.3, -0.25) is 4.57 Å². The zero-order valence-electron chi connectivity index (χ0n) is 15.0. The molecule has 27 heavy (non-hydrogen) atoms. The fourth-order valence-corrected chi connectivity index (χ4v) is 3.23. The number of benzene rings is 2. The highest BCUT2D eigenvalue weighted by atomic mass is 32.2. The molecular formula is C20H20FN3O2S. The largest absolute Gasteiger partial charge is 0.497 e. The zero-order valence-corrected chi connectivity index (χ0v) is 15.8. The summed E-state index contributed by atoms with van der Waals surface area (Å²) in [4.78, 5) is 0. The lowest BCUT2D eigenvalue weighted by atomic mass is 10.2. The predicted molar refractivity (Wildman–Crippen MR) is 105 cm³/mol. The maximum Gasteiger partial charge on any atom is 0.191 e. The van der Waals surface area contributed by atoms with Gasteiger partial charge in [0.15, 0.2) is 11.0 Å². The monoisotopic (exact) mass is 385 g/mol. The van der Waals surface area contributed by atoms with E-state index in [1.807, 2.05) is 34.9 Å². The second-order valence-electron chi connectivity index (χ2n) is 5.58. The van der Waals surface area contributed by atoms with Crippen LogP contribution in [0.5, 0.6) is 11.5 Å². The molecule has 0 amide bonds. The lowest BCUT2D eigenvalue weighted by molar-refractivity contribution is 0.343. The van der Waals surface area contributed by atoms with Crippen LogP contribution in [0, 0.1) is 5.82 Å². The number of aromatic nitrogens is 3. The van der Waals surface area contributed by atoms with Crippen molar-refractivity contribution in [3.8, 4) is 22.9 Å². The molecule has 0 spiro atoms. The maximum atomic E-state index is 12.9. The fraction of sp³-hybridized carbons (Fsp3) is 0.200. The Morgan fingerprint density at radius 2 is 1.78 bits per heavy atom. The molecule has 0 aliphatic rings. The topological polar surface area (TPSA) is 49.2 Å². The van der Waals surface area contributed by atoms with E-state index in [1.165, 1.54) is 12.1 Å². The minimum absolute atomic E-state index is 0.277. The van der Waals surface area contributed by atoms with Gasteiger partial charge in [0.1, 0.15) is 17.3 Å². The van der Waals surface area contributed by atoms with Crippen LogP contribution in [-0.2, 0) is 6.54 Å². The van der Waals surface area contributed by atoms with Gasteiger partial charge >= 0.3 is 0 Å². The summed E-state index contributed by atoms with van der Waals surface area (Å²) in [6.45, 7) is 4.91. The lowest BCUT2D eigenvalue weighted by Crippen LogP contribution is -2.04. The second kappa shape index (κ2) is 9.23. The summed E-state index contributed by atoms with van der Waals surface area (Å²) in [5.41, 5.74) is 0.958. The first-order chi connectivity index (χ1) is 13.2. The smallest absolute Gasteiger partial charge is 0.191 e. The number of ether oxygens (including phenoxy) is 2. The predicted octanol–water partition coefficient (Wildman–Crippen LogP) is 4.45. The molecule has 2 aromatic carbocycles. The number of nitrogens with zero attached hydrogens (tertiary/aromatic N) is 3. The molecule has 0 aliphatic carbocycles. The Kier molecular flexibility index (Phi) is 6.49. The molecule has 7 heteroatoms. The summed E-state index contributed by atoms with van der Waals surface area (Å²) in [6.07, 6.45) is 1.81. The summed E-state index contributed by atoms with van der Waals surface area (Å²) >= 11 is 1.55. The number of halogens is 1. The molecule has 0 N–H and O–H groups in total. The van der Waals surface area contributed by atoms with E-state index in [0.29, 0.717) is 24.7 Å². The molecule has 0 aliphatic heterocycles. The third kappa shape index (κ3) is 4.89. The summed E-state index contributed by atoms with van der Waals surface area (Å²) in [7, 11) is 1.64. The summed E-state index contributed by atoms with van der Waals surface area (Å²) < 4.78 is 25.7. The normalized spacial score (nSPS) is 10.6. The lowest BCUT2D eigenvalue weighted by Gasteiger charge is -2.09. The van der Waals surface area contributed by atoms with Gasteiger partial charge in [-0.2, -0.15) is 0 Å². The van der Waals surface area contributed by atoms with E-state index >= 15 is 0 Å². The van der Waals surface area contributed by atoms with Crippen LogP contribution in [0.3, 0.4) is 0 Å². The average molecular weight is 385 g/mol. The van der Waals surface area contributed by atoms with Crippen molar-refractivity contribution in [3.63, 3.8) is 0 Å². The Hall–Kier alpha value is -2.80. The van der Waals surface area contributed by atoms with E-state index in [9.17, 15) is 4.39 Å². The number of hydrogen-bond donors (Lipinski definition) is 0. The maximum absolute atomic E-state index is 12.9. The first-order valence-corrected chi connectivity index (χ1v) is 9.39. The Morgan fingerprint density at radius 1 is 1.07 bits per heavy atom. The highest BCUT2D eigenvalue weighted by Crippen LogP contribution is 2.25. The quantitative estimate of drug-likeness (QED) is 0.309. The van der Waals surface area contributed by atoms with E-state index in [0.717, 1.165) is 22.3 Å². The minimum atomic E-state index is -0.277. The van der Waals surface area contributed by atoms with Crippen LogP contribution in [0.4, 0.5) is 4.39 Å². The van der Waals surface area contributed by atoms with Gasteiger partial charge in [0.2, 0.25) is 0 Å². The van der Waals surface area contributed by atoms with Gasteiger partial charge in [0, 0.05) is 17.9 Å². The number of allylic oxidation sites excluding steroid dienone is 1. The third-order valence-corrected chi connectivity index (χ3v) is 4.70. The fourth-order valence-electron chi connectivity index (χ4n) is 2.47. The molecule has 5 nitrogen and oxygen atoms in total. The van der Waals surface area contributed by atoms with Gasteiger partial charge in [-0.1, -0.05) is 17.8 Å². The van der Waals surface area contributed by atoms with Crippen LogP contribution in [0.1, 0.15) is 0 Å². The molecule has 3 aromatic rings. The molecule has 140 valence electrons. The Labute approximate surface area is 161 Å². The average Bonchev–Trinajstić information content (AvgIpc) is 3.09.